The van der Waals surface area contributed by atoms with Crippen LogP contribution in [0.1, 0.15) is 30.1 Å². The minimum Gasteiger partial charge on any atom is -0.324 e. The lowest BCUT2D eigenvalue weighted by Gasteiger charge is -2.21. The number of fused-ring (bicyclic) bond motifs is 1. The number of amides is 2. The normalized spacial score (nSPS) is 18.8. The Bertz CT molecular complexity index is 868. The molecule has 1 aliphatic carbocycles. The Balaban J connectivity index is 1.45. The third-order valence-corrected chi connectivity index (χ3v) is 6.30. The van der Waals surface area contributed by atoms with Gasteiger partial charge in [-0.1, -0.05) is 6.07 Å². The molecule has 134 valence electrons. The summed E-state index contributed by atoms with van der Waals surface area (Å²) in [5.41, 5.74) is 1.97. The summed E-state index contributed by atoms with van der Waals surface area (Å²) in [7, 11) is 0. The maximum Gasteiger partial charge on any atom is 0.255 e. The van der Waals surface area contributed by atoms with Crippen LogP contribution in [-0.4, -0.2) is 23.1 Å². The number of hydrogen-bond acceptors (Lipinski definition) is 5. The molecular formula is C19H19N3O2S2. The minimum atomic E-state index is -0.192. The molecule has 3 N–H and O–H groups in total. The summed E-state index contributed by atoms with van der Waals surface area (Å²) in [6, 6.07) is 13.8. The second-order valence-corrected chi connectivity index (χ2v) is 8.73. The van der Waals surface area contributed by atoms with Crippen LogP contribution in [0, 0.1) is 0 Å². The lowest BCUT2D eigenvalue weighted by molar-refractivity contribution is -0.115. The highest BCUT2D eigenvalue weighted by Gasteiger charge is 2.24. The second kappa shape index (κ2) is 7.34. The van der Waals surface area contributed by atoms with Crippen molar-refractivity contribution in [2.75, 3.05) is 10.6 Å². The Morgan fingerprint density at radius 2 is 2.08 bits per heavy atom. The number of nitrogens with one attached hydrogen (secondary N) is 3. The summed E-state index contributed by atoms with van der Waals surface area (Å²) < 4.78 is 3.39. The molecule has 0 saturated heterocycles. The number of anilines is 2. The third-order valence-electron chi connectivity index (χ3n) is 4.19. The van der Waals surface area contributed by atoms with Gasteiger partial charge < -0.3 is 10.6 Å². The van der Waals surface area contributed by atoms with Gasteiger partial charge in [-0.2, -0.15) is 0 Å². The van der Waals surface area contributed by atoms with Crippen molar-refractivity contribution in [3.05, 3.63) is 48.0 Å². The number of carbonyl (C=O) groups excluding carboxylic acids is 2. The Morgan fingerprint density at radius 3 is 2.88 bits per heavy atom. The Morgan fingerprint density at radius 1 is 1.23 bits per heavy atom. The molecule has 1 unspecified atom stereocenters. The molecule has 2 aromatic rings. The molecule has 2 amide bonds. The average molecular weight is 386 g/mol. The van der Waals surface area contributed by atoms with Gasteiger partial charge >= 0.3 is 0 Å². The van der Waals surface area contributed by atoms with Crippen molar-refractivity contribution in [3.8, 4) is 0 Å². The zero-order valence-electron chi connectivity index (χ0n) is 14.2. The van der Waals surface area contributed by atoms with Crippen molar-refractivity contribution in [1.29, 1.82) is 0 Å². The first-order valence-corrected chi connectivity index (χ1v) is 10.2. The predicted octanol–water partition coefficient (Wildman–Crippen LogP) is 4.13. The number of benzene rings is 2. The van der Waals surface area contributed by atoms with Crippen molar-refractivity contribution in [1.82, 2.24) is 4.72 Å². The molecular weight excluding hydrogens is 366 g/mol. The number of rotatable bonds is 5. The minimum absolute atomic E-state index is 0.0343. The topological polar surface area (TPSA) is 70.2 Å². The molecule has 7 heteroatoms. The molecule has 26 heavy (non-hydrogen) atoms. The molecule has 2 aliphatic rings. The summed E-state index contributed by atoms with van der Waals surface area (Å²) in [6.07, 6.45) is 2.46. The van der Waals surface area contributed by atoms with Crippen LogP contribution >= 0.6 is 23.7 Å². The quantitative estimate of drug-likeness (QED) is 0.675. The van der Waals surface area contributed by atoms with Gasteiger partial charge in [-0.25, -0.2) is 0 Å². The van der Waals surface area contributed by atoms with E-state index in [0.29, 0.717) is 17.3 Å². The second-order valence-electron chi connectivity index (χ2n) is 6.44. The predicted molar refractivity (Wildman–Crippen MR) is 107 cm³/mol. The van der Waals surface area contributed by atoms with Gasteiger partial charge in [-0.05, 0) is 68.1 Å². The van der Waals surface area contributed by atoms with E-state index in [1.54, 1.807) is 24.1 Å². The van der Waals surface area contributed by atoms with Crippen molar-refractivity contribution in [3.63, 3.8) is 0 Å². The molecule has 0 aromatic heterocycles. The van der Waals surface area contributed by atoms with Crippen LogP contribution < -0.4 is 15.4 Å². The fraction of sp³-hybridized carbons (Fsp3) is 0.263. The highest BCUT2D eigenvalue weighted by atomic mass is 32.2. The summed E-state index contributed by atoms with van der Waals surface area (Å²) in [6.45, 7) is 1.87. The summed E-state index contributed by atoms with van der Waals surface area (Å²) >= 11 is 3.10. The van der Waals surface area contributed by atoms with E-state index in [1.165, 1.54) is 24.6 Å². The lowest BCUT2D eigenvalue weighted by atomic mass is 10.1. The van der Waals surface area contributed by atoms with E-state index in [-0.39, 0.29) is 17.1 Å². The van der Waals surface area contributed by atoms with E-state index < -0.39 is 0 Å². The highest BCUT2D eigenvalue weighted by Crippen LogP contribution is 2.36. The van der Waals surface area contributed by atoms with Gasteiger partial charge in [-0.15, -0.1) is 11.8 Å². The van der Waals surface area contributed by atoms with Gasteiger partial charge in [0.2, 0.25) is 5.91 Å². The van der Waals surface area contributed by atoms with Crippen molar-refractivity contribution < 1.29 is 9.59 Å². The van der Waals surface area contributed by atoms with Gasteiger partial charge in [0.1, 0.15) is 0 Å². The van der Waals surface area contributed by atoms with Gasteiger partial charge in [0.15, 0.2) is 0 Å². The van der Waals surface area contributed by atoms with Crippen LogP contribution in [0.5, 0.6) is 0 Å². The summed E-state index contributed by atoms with van der Waals surface area (Å²) in [5.74, 6) is -0.226. The van der Waals surface area contributed by atoms with Crippen LogP contribution in [0.2, 0.25) is 0 Å². The van der Waals surface area contributed by atoms with Gasteiger partial charge in [0.25, 0.3) is 5.91 Å². The van der Waals surface area contributed by atoms with Crippen LogP contribution in [-0.2, 0) is 4.79 Å². The highest BCUT2D eigenvalue weighted by molar-refractivity contribution is 8.01. The van der Waals surface area contributed by atoms with Crippen LogP contribution in [0.15, 0.2) is 52.3 Å². The SMILES string of the molecule is CC1Sc2ccc(C(=O)Nc3cccc(SNC4CC4)c3)cc2NC1=O. The fourth-order valence-electron chi connectivity index (χ4n) is 2.54. The van der Waals surface area contributed by atoms with E-state index >= 15 is 0 Å². The molecule has 0 bridgehead atoms. The first-order chi connectivity index (χ1) is 12.6. The fourth-order valence-corrected chi connectivity index (χ4v) is 4.34. The van der Waals surface area contributed by atoms with E-state index in [0.717, 1.165) is 15.5 Å². The molecule has 5 nitrogen and oxygen atoms in total. The lowest BCUT2D eigenvalue weighted by Crippen LogP contribution is -2.26. The molecule has 1 fully saturated rings. The first-order valence-electron chi connectivity index (χ1n) is 8.54. The molecule has 1 atom stereocenters. The standard InChI is InChI=1S/C19H19N3O2S2/c1-11-18(23)21-16-9-12(5-8-17(16)25-11)19(24)20-14-3-2-4-15(10-14)26-22-13-6-7-13/h2-5,8-11,13,22H,6-7H2,1H3,(H,20,24)(H,21,23). The maximum atomic E-state index is 12.6. The number of thioether (sulfide) groups is 1. The molecule has 1 saturated carbocycles. The molecule has 0 spiro atoms. The number of hydrogen-bond donors (Lipinski definition) is 3. The van der Waals surface area contributed by atoms with Crippen molar-refractivity contribution in [2.45, 2.75) is 40.8 Å². The van der Waals surface area contributed by atoms with Crippen LogP contribution in [0.25, 0.3) is 0 Å². The van der Waals surface area contributed by atoms with E-state index in [9.17, 15) is 9.59 Å². The Hall–Kier alpha value is -1.96. The number of carbonyl (C=O) groups is 2. The summed E-state index contributed by atoms with van der Waals surface area (Å²) in [4.78, 5) is 26.5. The van der Waals surface area contributed by atoms with Crippen molar-refractivity contribution >= 4 is 46.9 Å². The van der Waals surface area contributed by atoms with Gasteiger partial charge in [-0.3, -0.25) is 14.3 Å². The molecule has 1 heterocycles. The largest absolute Gasteiger partial charge is 0.324 e. The van der Waals surface area contributed by atoms with E-state index in [4.69, 9.17) is 0 Å². The first kappa shape index (κ1) is 17.5. The van der Waals surface area contributed by atoms with Crippen LogP contribution in [0.4, 0.5) is 11.4 Å². The Labute approximate surface area is 160 Å². The maximum absolute atomic E-state index is 12.6. The molecule has 4 rings (SSSR count). The van der Waals surface area contributed by atoms with Gasteiger partial charge in [0.05, 0.1) is 10.9 Å². The van der Waals surface area contributed by atoms with Gasteiger partial charge in [0, 0.05) is 27.1 Å². The summed E-state index contributed by atoms with van der Waals surface area (Å²) in [5, 5.41) is 5.67. The monoisotopic (exact) mass is 385 g/mol. The molecule has 0 radical (unpaired) electrons. The zero-order chi connectivity index (χ0) is 18.1. The van der Waals surface area contributed by atoms with Crippen LogP contribution in [0.3, 0.4) is 0 Å². The Kier molecular flexibility index (Phi) is 4.93. The average Bonchev–Trinajstić information content (AvgIpc) is 3.45. The molecule has 2 aromatic carbocycles. The zero-order valence-corrected chi connectivity index (χ0v) is 15.9. The van der Waals surface area contributed by atoms with Crippen molar-refractivity contribution in [2.24, 2.45) is 0 Å². The van der Waals surface area contributed by atoms with E-state index in [2.05, 4.69) is 15.4 Å². The molecule has 1 aliphatic heterocycles. The third kappa shape index (κ3) is 4.06. The smallest absolute Gasteiger partial charge is 0.255 e. The van der Waals surface area contributed by atoms with E-state index in [1.807, 2.05) is 37.3 Å².